The number of aromatic nitrogens is 1. The van der Waals surface area contributed by atoms with Gasteiger partial charge in [0, 0.05) is 36.1 Å². The molecule has 1 aliphatic carbocycles. The van der Waals surface area contributed by atoms with E-state index in [0.29, 0.717) is 29.5 Å². The maximum atomic E-state index is 17.4. The fraction of sp³-hybridized carbons (Fsp3) is 0.364. The van der Waals surface area contributed by atoms with Gasteiger partial charge in [-0.05, 0) is 92.1 Å². The largest absolute Gasteiger partial charge is 0.386 e. The fourth-order valence-corrected chi connectivity index (χ4v) is 6.79. The maximum Gasteiger partial charge on any atom is 0.175 e. The molecular formula is C33H36FNO5S2. The van der Waals surface area contributed by atoms with Crippen LogP contribution >= 0.6 is 0 Å². The van der Waals surface area contributed by atoms with Gasteiger partial charge in [0.25, 0.3) is 0 Å². The average molecular weight is 610 g/mol. The van der Waals surface area contributed by atoms with E-state index in [1.807, 2.05) is 36.4 Å². The molecule has 2 unspecified atom stereocenters. The lowest BCUT2D eigenvalue weighted by Gasteiger charge is -2.40. The first kappa shape index (κ1) is 30.3. The molecule has 0 amide bonds. The molecule has 0 aliphatic heterocycles. The smallest absolute Gasteiger partial charge is 0.175 e. The summed E-state index contributed by atoms with van der Waals surface area (Å²) in [5.41, 5.74) is -0.294. The van der Waals surface area contributed by atoms with E-state index < -0.39 is 35.7 Å². The molecule has 1 saturated carbocycles. The van der Waals surface area contributed by atoms with Gasteiger partial charge in [0.1, 0.15) is 5.60 Å². The van der Waals surface area contributed by atoms with Gasteiger partial charge in [-0.2, -0.15) is 0 Å². The highest BCUT2D eigenvalue weighted by molar-refractivity contribution is 7.91. The van der Waals surface area contributed by atoms with Crippen LogP contribution in [0.2, 0.25) is 0 Å². The zero-order valence-corrected chi connectivity index (χ0v) is 26.1. The Morgan fingerprint density at radius 3 is 2.14 bits per heavy atom. The third-order valence-electron chi connectivity index (χ3n) is 8.93. The van der Waals surface area contributed by atoms with Crippen molar-refractivity contribution in [3.05, 3.63) is 95.7 Å². The van der Waals surface area contributed by atoms with Crippen LogP contribution in [0.25, 0.3) is 22.0 Å². The van der Waals surface area contributed by atoms with Crippen molar-refractivity contribution in [3.8, 4) is 11.1 Å². The molecule has 1 aliphatic rings. The van der Waals surface area contributed by atoms with Crippen molar-refractivity contribution in [2.75, 3.05) is 12.5 Å². The summed E-state index contributed by atoms with van der Waals surface area (Å²) in [6.45, 7) is 4.87. The van der Waals surface area contributed by atoms with Gasteiger partial charge in [0.05, 0.1) is 15.2 Å². The molecule has 0 bridgehead atoms. The fourth-order valence-electron chi connectivity index (χ4n) is 5.61. The van der Waals surface area contributed by atoms with Crippen LogP contribution in [0.4, 0.5) is 4.39 Å². The Balaban J connectivity index is 1.63. The number of aliphatic hydroxyl groups is 1. The van der Waals surface area contributed by atoms with E-state index in [0.717, 1.165) is 22.8 Å². The normalized spacial score (nSPS) is 17.5. The maximum absolute atomic E-state index is 17.4. The van der Waals surface area contributed by atoms with Crippen molar-refractivity contribution in [2.45, 2.75) is 60.9 Å². The minimum absolute atomic E-state index is 0.0814. The van der Waals surface area contributed by atoms with Gasteiger partial charge >= 0.3 is 0 Å². The number of sulfone groups is 2. The van der Waals surface area contributed by atoms with Crippen molar-refractivity contribution < 1.29 is 26.3 Å². The van der Waals surface area contributed by atoms with Crippen LogP contribution in [0.5, 0.6) is 0 Å². The lowest BCUT2D eigenvalue weighted by molar-refractivity contribution is -0.112. The number of benzene rings is 3. The van der Waals surface area contributed by atoms with Gasteiger partial charge in [-0.3, -0.25) is 4.98 Å². The minimum atomic E-state index is -3.47. The van der Waals surface area contributed by atoms with Crippen molar-refractivity contribution in [1.29, 1.82) is 0 Å². The van der Waals surface area contributed by atoms with Gasteiger partial charge in [-0.1, -0.05) is 42.5 Å². The second-order valence-corrected chi connectivity index (χ2v) is 16.9. The van der Waals surface area contributed by atoms with Crippen molar-refractivity contribution in [3.63, 3.8) is 0 Å². The molecule has 9 heteroatoms. The summed E-state index contributed by atoms with van der Waals surface area (Å²) in [7, 11) is -6.92. The molecule has 222 valence electrons. The monoisotopic (exact) mass is 609 g/mol. The van der Waals surface area contributed by atoms with Gasteiger partial charge in [-0.25, -0.2) is 21.2 Å². The highest BCUT2D eigenvalue weighted by Gasteiger charge is 2.57. The summed E-state index contributed by atoms with van der Waals surface area (Å²) in [6.07, 6.45) is 5.26. The van der Waals surface area contributed by atoms with Crippen molar-refractivity contribution >= 4 is 30.6 Å². The molecule has 42 heavy (non-hydrogen) atoms. The number of hydrogen-bond donors (Lipinski definition) is 1. The second-order valence-electron chi connectivity index (χ2n) is 12.3. The first-order valence-corrected chi connectivity index (χ1v) is 17.6. The number of pyridine rings is 1. The van der Waals surface area contributed by atoms with Gasteiger partial charge in [0.2, 0.25) is 0 Å². The molecular weight excluding hydrogens is 573 g/mol. The molecule has 2 atom stereocenters. The Kier molecular flexibility index (Phi) is 7.40. The zero-order chi connectivity index (χ0) is 30.7. The molecule has 1 N–H and O–H groups in total. The molecule has 4 aromatic rings. The highest BCUT2D eigenvalue weighted by atomic mass is 32.2. The van der Waals surface area contributed by atoms with E-state index in [-0.39, 0.29) is 22.8 Å². The zero-order valence-electron chi connectivity index (χ0n) is 24.4. The second kappa shape index (κ2) is 10.2. The van der Waals surface area contributed by atoms with Crippen molar-refractivity contribution in [2.24, 2.45) is 5.92 Å². The number of fused-ring (bicyclic) bond motifs is 1. The van der Waals surface area contributed by atoms with E-state index >= 15 is 4.39 Å². The molecule has 1 fully saturated rings. The van der Waals surface area contributed by atoms with E-state index in [1.54, 1.807) is 32.2 Å². The SMILES string of the molecule is CC(O)(C1CC1)C(F)(Cc1cccc(-c2cc(C(C)(C)S(C)(=O)=O)cc3cccnc23)c1)c1ccc(S(C)(=O)=O)cc1. The molecule has 1 aromatic heterocycles. The third kappa shape index (κ3) is 5.38. The van der Waals surface area contributed by atoms with E-state index in [2.05, 4.69) is 4.98 Å². The summed E-state index contributed by atoms with van der Waals surface area (Å²) in [4.78, 5) is 4.66. The summed E-state index contributed by atoms with van der Waals surface area (Å²) >= 11 is 0. The Morgan fingerprint density at radius 2 is 1.55 bits per heavy atom. The molecule has 6 nitrogen and oxygen atoms in total. The van der Waals surface area contributed by atoms with Crippen LogP contribution in [0, 0.1) is 5.92 Å². The van der Waals surface area contributed by atoms with Crippen LogP contribution in [0.1, 0.15) is 50.3 Å². The van der Waals surface area contributed by atoms with Crippen molar-refractivity contribution in [1.82, 2.24) is 4.98 Å². The van der Waals surface area contributed by atoms with Gasteiger partial charge in [-0.15, -0.1) is 0 Å². The van der Waals surface area contributed by atoms with Crippen LogP contribution in [-0.4, -0.2) is 45.0 Å². The topological polar surface area (TPSA) is 101 Å². The number of nitrogens with zero attached hydrogens (tertiary/aromatic N) is 1. The first-order chi connectivity index (χ1) is 19.4. The predicted molar refractivity (Wildman–Crippen MR) is 164 cm³/mol. The quantitative estimate of drug-likeness (QED) is 0.244. The van der Waals surface area contributed by atoms with Crippen LogP contribution < -0.4 is 0 Å². The predicted octanol–water partition coefficient (Wildman–Crippen LogP) is 6.15. The Morgan fingerprint density at radius 1 is 0.881 bits per heavy atom. The lowest BCUT2D eigenvalue weighted by atomic mass is 9.73. The summed E-state index contributed by atoms with van der Waals surface area (Å²) in [6, 6.07) is 20.4. The van der Waals surface area contributed by atoms with Crippen LogP contribution in [0.15, 0.2) is 83.9 Å². The minimum Gasteiger partial charge on any atom is -0.386 e. The summed E-state index contributed by atoms with van der Waals surface area (Å²) < 4.78 is 65.7. The van der Waals surface area contributed by atoms with Gasteiger partial charge < -0.3 is 5.11 Å². The Bertz CT molecular complexity index is 1880. The molecule has 1 heterocycles. The average Bonchev–Trinajstić information content (AvgIpc) is 3.78. The number of alkyl halides is 1. The highest BCUT2D eigenvalue weighted by Crippen LogP contribution is 2.52. The standard InChI is InChI=1S/C33H36FNO5S2/c1-31(2,42(5,39)40)27-19-24-10-7-17-35-30(24)29(20-27)23-9-6-8-22(18-23)21-33(34,32(3,36)25-11-12-25)26-13-15-28(16-14-26)41(4,37)38/h6-10,13-20,25,36H,11-12,21H2,1-5H3. The number of halogens is 1. The van der Waals surface area contributed by atoms with Gasteiger partial charge in [0.15, 0.2) is 25.3 Å². The molecule has 3 aromatic carbocycles. The lowest BCUT2D eigenvalue weighted by Crippen LogP contribution is -2.49. The summed E-state index contributed by atoms with van der Waals surface area (Å²) in [5.74, 6) is -0.219. The van der Waals surface area contributed by atoms with E-state index in [1.165, 1.54) is 37.4 Å². The Labute approximate surface area is 247 Å². The Hall–Kier alpha value is -3.14. The van der Waals surface area contributed by atoms with Crippen LogP contribution in [-0.2, 0) is 36.5 Å². The molecule has 0 radical (unpaired) electrons. The first-order valence-electron chi connectivity index (χ1n) is 13.9. The van der Waals surface area contributed by atoms with E-state index in [4.69, 9.17) is 0 Å². The van der Waals surface area contributed by atoms with E-state index in [9.17, 15) is 21.9 Å². The number of rotatable bonds is 9. The molecule has 5 rings (SSSR count). The number of hydrogen-bond acceptors (Lipinski definition) is 6. The van der Waals surface area contributed by atoms with Crippen LogP contribution in [0.3, 0.4) is 0 Å². The third-order valence-corrected chi connectivity index (χ3v) is 12.1. The molecule has 0 spiro atoms. The molecule has 0 saturated heterocycles. The summed E-state index contributed by atoms with van der Waals surface area (Å²) in [5, 5.41) is 12.4.